The van der Waals surface area contributed by atoms with Crippen LogP contribution in [0.15, 0.2) is 47.1 Å². The van der Waals surface area contributed by atoms with Crippen molar-refractivity contribution in [2.24, 2.45) is 0 Å². The number of rotatable bonds is 5. The molecule has 0 saturated carbocycles. The normalized spacial score (nSPS) is 11.0. The van der Waals surface area contributed by atoms with Crippen molar-refractivity contribution in [1.29, 1.82) is 0 Å². The van der Waals surface area contributed by atoms with E-state index in [0.717, 1.165) is 11.0 Å². The summed E-state index contributed by atoms with van der Waals surface area (Å²) >= 11 is 6.61. The van der Waals surface area contributed by atoms with Crippen molar-refractivity contribution in [3.63, 3.8) is 0 Å². The number of halogens is 1. The third-order valence-electron chi connectivity index (χ3n) is 2.19. The fourth-order valence-electron chi connectivity index (χ4n) is 1.36. The van der Waals surface area contributed by atoms with Crippen molar-refractivity contribution in [2.45, 2.75) is 5.03 Å². The number of fused-ring (bicyclic) bond motifs is 1. The van der Waals surface area contributed by atoms with E-state index in [1.165, 1.54) is 17.3 Å². The zero-order chi connectivity index (χ0) is 13.5. The topological polar surface area (TPSA) is 52.1 Å². The lowest BCUT2D eigenvalue weighted by Crippen LogP contribution is -2.07. The van der Waals surface area contributed by atoms with Crippen LogP contribution in [-0.2, 0) is 9.53 Å². The Morgan fingerprint density at radius 1 is 1.37 bits per heavy atom. The molecule has 0 aliphatic heterocycles. The summed E-state index contributed by atoms with van der Waals surface area (Å²) in [6.07, 6.45) is 3.21. The molecule has 0 aliphatic carbocycles. The molecule has 1 aromatic carbocycles. The number of ether oxygens (including phenoxy) is 1. The molecule has 0 amide bonds. The van der Waals surface area contributed by atoms with Gasteiger partial charge in [0, 0.05) is 5.54 Å². The number of carbonyl (C=O) groups excluding carboxylic acids is 1. The van der Waals surface area contributed by atoms with E-state index in [1.807, 2.05) is 24.3 Å². The Bertz CT molecular complexity index is 604. The SMILES string of the molecule is O=C(CSc1cnc2ccccc2n1)OC/C=C/Cl. The van der Waals surface area contributed by atoms with Crippen LogP contribution in [0.1, 0.15) is 0 Å². The van der Waals surface area contributed by atoms with Gasteiger partial charge in [-0.3, -0.25) is 9.78 Å². The molecule has 0 aliphatic rings. The molecule has 2 aromatic rings. The average molecular weight is 295 g/mol. The number of benzene rings is 1. The number of aromatic nitrogens is 2. The third kappa shape index (κ3) is 4.22. The van der Waals surface area contributed by atoms with Crippen LogP contribution in [0.5, 0.6) is 0 Å². The van der Waals surface area contributed by atoms with Crippen LogP contribution >= 0.6 is 23.4 Å². The number of nitrogens with zero attached hydrogens (tertiary/aromatic N) is 2. The molecule has 1 heterocycles. The zero-order valence-corrected chi connectivity index (χ0v) is 11.5. The van der Waals surface area contributed by atoms with E-state index in [9.17, 15) is 4.79 Å². The Hall–Kier alpha value is -1.59. The zero-order valence-electron chi connectivity index (χ0n) is 9.95. The molecule has 0 spiro atoms. The molecule has 19 heavy (non-hydrogen) atoms. The molecule has 0 saturated heterocycles. The van der Waals surface area contributed by atoms with Crippen LogP contribution in [-0.4, -0.2) is 28.3 Å². The molecule has 6 heteroatoms. The lowest BCUT2D eigenvalue weighted by molar-refractivity contribution is -0.139. The number of hydrogen-bond donors (Lipinski definition) is 0. The first kappa shape index (κ1) is 13.8. The molecule has 0 radical (unpaired) electrons. The minimum atomic E-state index is -0.310. The van der Waals surface area contributed by atoms with Crippen LogP contribution in [0.25, 0.3) is 11.0 Å². The Balaban J connectivity index is 1.92. The summed E-state index contributed by atoms with van der Waals surface area (Å²) < 4.78 is 4.91. The minimum absolute atomic E-state index is 0.187. The number of para-hydroxylation sites is 2. The van der Waals surface area contributed by atoms with Gasteiger partial charge in [0.2, 0.25) is 0 Å². The fourth-order valence-corrected chi connectivity index (χ4v) is 2.07. The molecule has 0 atom stereocenters. The first-order chi connectivity index (χ1) is 9.29. The van der Waals surface area contributed by atoms with Gasteiger partial charge in [-0.25, -0.2) is 4.98 Å². The van der Waals surface area contributed by atoms with Crippen molar-refractivity contribution >= 4 is 40.4 Å². The molecule has 0 unspecified atom stereocenters. The molecule has 0 bridgehead atoms. The van der Waals surface area contributed by atoms with E-state index in [2.05, 4.69) is 9.97 Å². The summed E-state index contributed by atoms with van der Waals surface area (Å²) in [5.74, 6) is -0.113. The van der Waals surface area contributed by atoms with Gasteiger partial charge in [0.25, 0.3) is 0 Å². The Morgan fingerprint density at radius 3 is 2.95 bits per heavy atom. The van der Waals surface area contributed by atoms with Gasteiger partial charge < -0.3 is 4.74 Å². The summed E-state index contributed by atoms with van der Waals surface area (Å²) in [7, 11) is 0. The third-order valence-corrected chi connectivity index (χ3v) is 3.24. The maximum absolute atomic E-state index is 11.4. The maximum atomic E-state index is 11.4. The van der Waals surface area contributed by atoms with Crippen LogP contribution in [0.3, 0.4) is 0 Å². The van der Waals surface area contributed by atoms with E-state index < -0.39 is 0 Å². The molecule has 98 valence electrons. The highest BCUT2D eigenvalue weighted by Gasteiger charge is 2.05. The second-order valence-electron chi connectivity index (χ2n) is 3.53. The van der Waals surface area contributed by atoms with Crippen molar-refractivity contribution in [3.8, 4) is 0 Å². The van der Waals surface area contributed by atoms with Gasteiger partial charge >= 0.3 is 5.97 Å². The molecular formula is C13H11ClN2O2S. The Kier molecular flexibility index (Phi) is 5.18. The van der Waals surface area contributed by atoms with E-state index in [4.69, 9.17) is 16.3 Å². The van der Waals surface area contributed by atoms with Gasteiger partial charge in [0.1, 0.15) is 11.6 Å². The van der Waals surface area contributed by atoms with E-state index in [-0.39, 0.29) is 18.3 Å². The molecular weight excluding hydrogens is 284 g/mol. The molecule has 4 nitrogen and oxygen atoms in total. The van der Waals surface area contributed by atoms with E-state index in [0.29, 0.717) is 5.03 Å². The Morgan fingerprint density at radius 2 is 2.16 bits per heavy atom. The van der Waals surface area contributed by atoms with Crippen molar-refractivity contribution in [2.75, 3.05) is 12.4 Å². The van der Waals surface area contributed by atoms with Crippen molar-refractivity contribution in [3.05, 3.63) is 42.1 Å². The first-order valence-electron chi connectivity index (χ1n) is 5.55. The number of hydrogen-bond acceptors (Lipinski definition) is 5. The molecule has 1 aromatic heterocycles. The second kappa shape index (κ2) is 7.11. The van der Waals surface area contributed by atoms with Gasteiger partial charge in [-0.1, -0.05) is 35.5 Å². The lowest BCUT2D eigenvalue weighted by atomic mass is 10.3. The van der Waals surface area contributed by atoms with Crippen LogP contribution in [0, 0.1) is 0 Å². The number of carbonyl (C=O) groups is 1. The quantitative estimate of drug-likeness (QED) is 0.627. The standard InChI is InChI=1S/C13H11ClN2O2S/c14-6-3-7-18-13(17)9-19-12-8-15-10-4-1-2-5-11(10)16-12/h1-6,8H,7,9H2/b6-3+. The molecule has 2 rings (SSSR count). The summed E-state index contributed by atoms with van der Waals surface area (Å²) in [4.78, 5) is 20.1. The highest BCUT2D eigenvalue weighted by atomic mass is 35.5. The summed E-state index contributed by atoms with van der Waals surface area (Å²) in [5, 5.41) is 0.698. The lowest BCUT2D eigenvalue weighted by Gasteiger charge is -2.02. The first-order valence-corrected chi connectivity index (χ1v) is 6.97. The number of thioether (sulfide) groups is 1. The van der Waals surface area contributed by atoms with Gasteiger partial charge in [0.15, 0.2) is 0 Å². The van der Waals surface area contributed by atoms with Gasteiger partial charge in [-0.15, -0.1) is 0 Å². The van der Waals surface area contributed by atoms with Crippen molar-refractivity contribution < 1.29 is 9.53 Å². The minimum Gasteiger partial charge on any atom is -0.461 e. The monoisotopic (exact) mass is 294 g/mol. The fraction of sp³-hybridized carbons (Fsp3) is 0.154. The van der Waals surface area contributed by atoms with Gasteiger partial charge in [0.05, 0.1) is 23.0 Å². The number of esters is 1. The highest BCUT2D eigenvalue weighted by molar-refractivity contribution is 7.99. The van der Waals surface area contributed by atoms with Gasteiger partial charge in [-0.05, 0) is 18.2 Å². The van der Waals surface area contributed by atoms with Crippen LogP contribution < -0.4 is 0 Å². The smallest absolute Gasteiger partial charge is 0.316 e. The van der Waals surface area contributed by atoms with Crippen LogP contribution in [0.4, 0.5) is 0 Å². The van der Waals surface area contributed by atoms with E-state index in [1.54, 1.807) is 12.3 Å². The molecule has 0 N–H and O–H groups in total. The highest BCUT2D eigenvalue weighted by Crippen LogP contribution is 2.17. The predicted molar refractivity (Wildman–Crippen MR) is 76.2 cm³/mol. The van der Waals surface area contributed by atoms with Gasteiger partial charge in [-0.2, -0.15) is 0 Å². The predicted octanol–water partition coefficient (Wildman–Crippen LogP) is 3.02. The Labute approximate surface area is 119 Å². The maximum Gasteiger partial charge on any atom is 0.316 e. The molecule has 0 fully saturated rings. The summed E-state index contributed by atoms with van der Waals surface area (Å²) in [5.41, 5.74) is 2.96. The summed E-state index contributed by atoms with van der Waals surface area (Å²) in [6, 6.07) is 7.59. The van der Waals surface area contributed by atoms with Crippen molar-refractivity contribution in [1.82, 2.24) is 9.97 Å². The van der Waals surface area contributed by atoms with Crippen LogP contribution in [0.2, 0.25) is 0 Å². The summed E-state index contributed by atoms with van der Waals surface area (Å²) in [6.45, 7) is 0.187. The largest absolute Gasteiger partial charge is 0.461 e. The second-order valence-corrected chi connectivity index (χ2v) is 4.78. The average Bonchev–Trinajstić information content (AvgIpc) is 2.45. The van der Waals surface area contributed by atoms with E-state index >= 15 is 0 Å².